The molecule has 0 fully saturated rings. The summed E-state index contributed by atoms with van der Waals surface area (Å²) in [6.07, 6.45) is 0. The maximum Gasteiger partial charge on any atom is 0.387 e. The van der Waals surface area contributed by atoms with Gasteiger partial charge >= 0.3 is 6.61 Å². The molecule has 0 saturated heterocycles. The SMILES string of the molecule is COc1ccc(CNC(=O)COc2ccc(Cl)c(Cl)c2)cc1OC(F)F. The van der Waals surface area contributed by atoms with Gasteiger partial charge in [-0.3, -0.25) is 4.79 Å². The molecule has 1 N–H and O–H groups in total. The van der Waals surface area contributed by atoms with Crippen molar-refractivity contribution in [3.8, 4) is 17.2 Å². The van der Waals surface area contributed by atoms with Crippen LogP contribution in [0.5, 0.6) is 17.2 Å². The average Bonchev–Trinajstić information content (AvgIpc) is 2.60. The molecule has 26 heavy (non-hydrogen) atoms. The Bertz CT molecular complexity index is 774. The Labute approximate surface area is 158 Å². The normalized spacial score (nSPS) is 10.5. The summed E-state index contributed by atoms with van der Waals surface area (Å²) in [4.78, 5) is 11.9. The molecule has 0 heterocycles. The van der Waals surface area contributed by atoms with Crippen molar-refractivity contribution < 1.29 is 27.8 Å². The largest absolute Gasteiger partial charge is 0.493 e. The maximum atomic E-state index is 12.4. The fraction of sp³-hybridized carbons (Fsp3) is 0.235. The highest BCUT2D eigenvalue weighted by molar-refractivity contribution is 6.42. The fourth-order valence-corrected chi connectivity index (χ4v) is 2.27. The second-order valence-electron chi connectivity index (χ2n) is 5.01. The predicted molar refractivity (Wildman–Crippen MR) is 93.4 cm³/mol. The van der Waals surface area contributed by atoms with Crippen LogP contribution in [0.2, 0.25) is 10.0 Å². The quantitative estimate of drug-likeness (QED) is 0.711. The average molecular weight is 406 g/mol. The first-order valence-corrected chi connectivity index (χ1v) is 8.11. The molecule has 0 saturated carbocycles. The van der Waals surface area contributed by atoms with Gasteiger partial charge in [0.1, 0.15) is 5.75 Å². The molecule has 2 aromatic rings. The van der Waals surface area contributed by atoms with E-state index in [2.05, 4.69) is 10.1 Å². The number of hydrogen-bond donors (Lipinski definition) is 1. The Hall–Kier alpha value is -2.25. The van der Waals surface area contributed by atoms with E-state index in [1.807, 2.05) is 0 Å². The van der Waals surface area contributed by atoms with E-state index in [-0.39, 0.29) is 24.7 Å². The van der Waals surface area contributed by atoms with Crippen molar-refractivity contribution in [2.75, 3.05) is 13.7 Å². The van der Waals surface area contributed by atoms with Gasteiger partial charge in [-0.05, 0) is 29.8 Å². The van der Waals surface area contributed by atoms with Crippen molar-refractivity contribution in [2.45, 2.75) is 13.2 Å². The third-order valence-corrected chi connectivity index (χ3v) is 3.93. The molecular weight excluding hydrogens is 391 g/mol. The van der Waals surface area contributed by atoms with Crippen LogP contribution in [0.1, 0.15) is 5.56 Å². The first-order valence-electron chi connectivity index (χ1n) is 7.35. The van der Waals surface area contributed by atoms with Crippen molar-refractivity contribution in [3.05, 3.63) is 52.0 Å². The van der Waals surface area contributed by atoms with E-state index in [1.165, 1.54) is 25.3 Å². The van der Waals surface area contributed by atoms with Gasteiger partial charge in [0.05, 0.1) is 17.2 Å². The van der Waals surface area contributed by atoms with Gasteiger partial charge in [0, 0.05) is 12.6 Å². The predicted octanol–water partition coefficient (Wildman–Crippen LogP) is 4.30. The lowest BCUT2D eigenvalue weighted by molar-refractivity contribution is -0.123. The summed E-state index contributed by atoms with van der Waals surface area (Å²) in [5.74, 6) is 0.0551. The van der Waals surface area contributed by atoms with Crippen LogP contribution in [0.3, 0.4) is 0 Å². The van der Waals surface area contributed by atoms with Crippen LogP contribution < -0.4 is 19.5 Å². The molecule has 1 amide bonds. The molecule has 0 radical (unpaired) electrons. The van der Waals surface area contributed by atoms with Crippen LogP contribution >= 0.6 is 23.2 Å². The highest BCUT2D eigenvalue weighted by Crippen LogP contribution is 2.29. The van der Waals surface area contributed by atoms with E-state index in [1.54, 1.807) is 18.2 Å². The number of ether oxygens (including phenoxy) is 3. The van der Waals surface area contributed by atoms with Crippen LogP contribution in [-0.4, -0.2) is 26.2 Å². The summed E-state index contributed by atoms with van der Waals surface area (Å²) in [6.45, 7) is -3.12. The topological polar surface area (TPSA) is 56.8 Å². The monoisotopic (exact) mass is 405 g/mol. The van der Waals surface area contributed by atoms with Gasteiger partial charge < -0.3 is 19.5 Å². The van der Waals surface area contributed by atoms with Crippen LogP contribution in [-0.2, 0) is 11.3 Å². The lowest BCUT2D eigenvalue weighted by Gasteiger charge is -2.12. The van der Waals surface area contributed by atoms with Gasteiger partial charge in [-0.25, -0.2) is 0 Å². The third kappa shape index (κ3) is 5.93. The van der Waals surface area contributed by atoms with Crippen LogP contribution in [0.15, 0.2) is 36.4 Å². The van der Waals surface area contributed by atoms with Crippen molar-refractivity contribution in [1.82, 2.24) is 5.32 Å². The molecule has 0 aromatic heterocycles. The van der Waals surface area contributed by atoms with Crippen molar-refractivity contribution in [3.63, 3.8) is 0 Å². The summed E-state index contributed by atoms with van der Waals surface area (Å²) in [5.41, 5.74) is 0.560. The van der Waals surface area contributed by atoms with Gasteiger partial charge in [0.15, 0.2) is 18.1 Å². The van der Waals surface area contributed by atoms with Gasteiger partial charge in [-0.15, -0.1) is 0 Å². The van der Waals surface area contributed by atoms with Crippen molar-refractivity contribution in [1.29, 1.82) is 0 Å². The Morgan fingerprint density at radius 3 is 2.54 bits per heavy atom. The smallest absolute Gasteiger partial charge is 0.387 e. The number of alkyl halides is 2. The molecule has 5 nitrogen and oxygen atoms in total. The molecule has 0 aliphatic heterocycles. The summed E-state index contributed by atoms with van der Waals surface area (Å²) < 4.78 is 39.5. The van der Waals surface area contributed by atoms with E-state index >= 15 is 0 Å². The molecule has 2 aromatic carbocycles. The highest BCUT2D eigenvalue weighted by Gasteiger charge is 2.12. The number of carbonyl (C=O) groups excluding carboxylic acids is 1. The third-order valence-electron chi connectivity index (χ3n) is 3.19. The molecule has 140 valence electrons. The van der Waals surface area contributed by atoms with E-state index in [0.717, 1.165) is 0 Å². The molecule has 2 rings (SSSR count). The number of benzene rings is 2. The summed E-state index contributed by atoms with van der Waals surface area (Å²) in [6, 6.07) is 9.10. The Morgan fingerprint density at radius 2 is 1.88 bits per heavy atom. The fourth-order valence-electron chi connectivity index (χ4n) is 1.99. The van der Waals surface area contributed by atoms with Crippen LogP contribution in [0.25, 0.3) is 0 Å². The standard InChI is InChI=1S/C17H15Cl2F2NO4/c1-24-14-5-2-10(6-15(14)26-17(20)21)8-22-16(23)9-25-11-3-4-12(18)13(19)7-11/h2-7,17H,8-9H2,1H3,(H,22,23). The van der Waals surface area contributed by atoms with Gasteiger partial charge in [0.25, 0.3) is 5.91 Å². The zero-order valence-electron chi connectivity index (χ0n) is 13.6. The number of rotatable bonds is 8. The number of nitrogens with one attached hydrogen (secondary N) is 1. The number of halogens is 4. The second kappa shape index (κ2) is 9.45. The van der Waals surface area contributed by atoms with E-state index in [9.17, 15) is 13.6 Å². The minimum Gasteiger partial charge on any atom is -0.493 e. The summed E-state index contributed by atoms with van der Waals surface area (Å²) in [7, 11) is 1.34. The van der Waals surface area contributed by atoms with Gasteiger partial charge in [-0.1, -0.05) is 29.3 Å². The molecule has 0 aliphatic rings. The van der Waals surface area contributed by atoms with E-state index < -0.39 is 12.5 Å². The lowest BCUT2D eigenvalue weighted by Crippen LogP contribution is -2.28. The number of amides is 1. The number of carbonyl (C=O) groups is 1. The molecule has 0 aliphatic carbocycles. The molecular formula is C17H15Cl2F2NO4. The molecule has 9 heteroatoms. The Morgan fingerprint density at radius 1 is 1.12 bits per heavy atom. The number of hydrogen-bond acceptors (Lipinski definition) is 4. The molecule has 0 bridgehead atoms. The first kappa shape index (κ1) is 20.1. The summed E-state index contributed by atoms with van der Waals surface area (Å²) in [5, 5.41) is 3.30. The van der Waals surface area contributed by atoms with Crippen LogP contribution in [0.4, 0.5) is 8.78 Å². The van der Waals surface area contributed by atoms with Crippen molar-refractivity contribution in [2.24, 2.45) is 0 Å². The molecule has 0 unspecified atom stereocenters. The second-order valence-corrected chi connectivity index (χ2v) is 5.82. The first-order chi connectivity index (χ1) is 12.4. The summed E-state index contributed by atoms with van der Waals surface area (Å²) >= 11 is 11.7. The lowest BCUT2D eigenvalue weighted by atomic mass is 10.2. The minimum atomic E-state index is -2.98. The van der Waals surface area contributed by atoms with E-state index in [4.69, 9.17) is 32.7 Å². The Balaban J connectivity index is 1.89. The van der Waals surface area contributed by atoms with Crippen LogP contribution in [0, 0.1) is 0 Å². The molecule has 0 atom stereocenters. The zero-order chi connectivity index (χ0) is 19.1. The van der Waals surface area contributed by atoms with Crippen molar-refractivity contribution >= 4 is 29.1 Å². The highest BCUT2D eigenvalue weighted by atomic mass is 35.5. The van der Waals surface area contributed by atoms with E-state index in [0.29, 0.717) is 21.4 Å². The maximum absolute atomic E-state index is 12.4. The van der Waals surface area contributed by atoms with Gasteiger partial charge in [0.2, 0.25) is 0 Å². The minimum absolute atomic E-state index is 0.104. The molecule has 0 spiro atoms. The number of methoxy groups -OCH3 is 1. The zero-order valence-corrected chi connectivity index (χ0v) is 15.1. The van der Waals surface area contributed by atoms with Gasteiger partial charge in [-0.2, -0.15) is 8.78 Å². The Kier molecular flexibility index (Phi) is 7.29.